The number of nitrogens with zero attached hydrogens (tertiary/aromatic N) is 1. The highest BCUT2D eigenvalue weighted by atomic mass is 35.5. The predicted octanol–water partition coefficient (Wildman–Crippen LogP) is 1.83. The quantitative estimate of drug-likeness (QED) is 0.804. The third-order valence-corrected chi connectivity index (χ3v) is 2.94. The van der Waals surface area contributed by atoms with Gasteiger partial charge in [0.2, 0.25) is 5.91 Å². The van der Waals surface area contributed by atoms with Crippen LogP contribution in [-0.2, 0) is 4.79 Å². The van der Waals surface area contributed by atoms with Crippen molar-refractivity contribution in [3.8, 4) is 0 Å². The number of carbonyl (C=O) groups excluding carboxylic acids is 2. The minimum atomic E-state index is -0.123. The molecule has 0 saturated heterocycles. The maximum absolute atomic E-state index is 11.4. The summed E-state index contributed by atoms with van der Waals surface area (Å²) in [4.78, 5) is 26.9. The van der Waals surface area contributed by atoms with Crippen LogP contribution in [0.4, 0.5) is 5.13 Å². The zero-order valence-electron chi connectivity index (χ0n) is 9.73. The molecule has 0 bridgehead atoms. The van der Waals surface area contributed by atoms with Crippen LogP contribution in [0.25, 0.3) is 0 Å². The lowest BCUT2D eigenvalue weighted by Crippen LogP contribution is -2.19. The first-order chi connectivity index (χ1) is 7.49. The van der Waals surface area contributed by atoms with Crippen LogP contribution >= 0.6 is 23.7 Å². The minimum absolute atomic E-state index is 0. The Labute approximate surface area is 110 Å². The number of nitrogens with two attached hydrogens (primary N) is 1. The highest BCUT2D eigenvalue weighted by Gasteiger charge is 2.09. The number of rotatable bonds is 5. The first-order valence-corrected chi connectivity index (χ1v) is 5.83. The van der Waals surface area contributed by atoms with Gasteiger partial charge >= 0.3 is 0 Å². The molecule has 1 rings (SSSR count). The Morgan fingerprint density at radius 1 is 1.59 bits per heavy atom. The molecule has 0 aliphatic heterocycles. The van der Waals surface area contributed by atoms with Crippen molar-refractivity contribution in [2.45, 2.75) is 32.7 Å². The molecule has 0 aliphatic rings. The Morgan fingerprint density at radius 2 is 2.24 bits per heavy atom. The number of hydrogen-bond acceptors (Lipinski definition) is 5. The lowest BCUT2D eigenvalue weighted by molar-refractivity contribution is -0.116. The number of carbonyl (C=O) groups is 2. The maximum Gasteiger partial charge on any atom is 0.226 e. The number of anilines is 1. The van der Waals surface area contributed by atoms with Crippen molar-refractivity contribution in [3.63, 3.8) is 0 Å². The maximum atomic E-state index is 11.4. The molecule has 1 atom stereocenters. The summed E-state index contributed by atoms with van der Waals surface area (Å²) < 4.78 is 0. The second kappa shape index (κ2) is 7.37. The zero-order valence-corrected chi connectivity index (χ0v) is 11.4. The van der Waals surface area contributed by atoms with Crippen molar-refractivity contribution in [3.05, 3.63) is 11.1 Å². The molecule has 0 fully saturated rings. The van der Waals surface area contributed by atoms with Crippen LogP contribution in [0.5, 0.6) is 0 Å². The van der Waals surface area contributed by atoms with Gasteiger partial charge in [-0.25, -0.2) is 4.98 Å². The summed E-state index contributed by atoms with van der Waals surface area (Å²) in [7, 11) is 0. The number of hydrogen-bond donors (Lipinski definition) is 2. The minimum Gasteiger partial charge on any atom is -0.328 e. The van der Waals surface area contributed by atoms with E-state index in [1.165, 1.54) is 24.5 Å². The van der Waals surface area contributed by atoms with E-state index < -0.39 is 0 Å². The molecule has 0 aliphatic carbocycles. The van der Waals surface area contributed by atoms with E-state index in [1.807, 2.05) is 6.92 Å². The second-order valence-corrected chi connectivity index (χ2v) is 4.68. The van der Waals surface area contributed by atoms with E-state index in [1.54, 1.807) is 0 Å². The summed E-state index contributed by atoms with van der Waals surface area (Å²) >= 11 is 1.18. The topological polar surface area (TPSA) is 85.1 Å². The number of Topliss-reactive ketones (excluding diaryl/α,β-unsaturated/α-hetero) is 1. The van der Waals surface area contributed by atoms with E-state index in [0.29, 0.717) is 22.9 Å². The summed E-state index contributed by atoms with van der Waals surface area (Å²) in [5.41, 5.74) is 5.54. The fraction of sp³-hybridized carbons (Fsp3) is 0.500. The van der Waals surface area contributed by atoms with Gasteiger partial charge in [0, 0.05) is 19.4 Å². The van der Waals surface area contributed by atoms with Crippen LogP contribution in [0, 0.1) is 0 Å². The molecule has 0 radical (unpaired) electrons. The van der Waals surface area contributed by atoms with Gasteiger partial charge in [-0.1, -0.05) is 11.3 Å². The smallest absolute Gasteiger partial charge is 0.226 e. The lowest BCUT2D eigenvalue weighted by atomic mass is 10.2. The van der Waals surface area contributed by atoms with Crippen LogP contribution < -0.4 is 11.1 Å². The van der Waals surface area contributed by atoms with Crippen LogP contribution in [-0.4, -0.2) is 22.7 Å². The SMILES string of the molecule is CC(=O)c1cnc(NC(=O)CCC(C)N)s1.Cl. The lowest BCUT2D eigenvalue weighted by Gasteiger charge is -2.03. The largest absolute Gasteiger partial charge is 0.328 e. The number of aromatic nitrogens is 1. The molecule has 96 valence electrons. The van der Waals surface area contributed by atoms with Gasteiger partial charge in [0.05, 0.1) is 11.1 Å². The Bertz CT molecular complexity index is 393. The van der Waals surface area contributed by atoms with Gasteiger partial charge in [0.25, 0.3) is 0 Å². The monoisotopic (exact) mass is 277 g/mol. The van der Waals surface area contributed by atoms with Crippen LogP contribution in [0.3, 0.4) is 0 Å². The second-order valence-electron chi connectivity index (χ2n) is 3.65. The van der Waals surface area contributed by atoms with E-state index in [2.05, 4.69) is 10.3 Å². The Morgan fingerprint density at radius 3 is 2.71 bits per heavy atom. The van der Waals surface area contributed by atoms with Gasteiger partial charge < -0.3 is 11.1 Å². The first kappa shape index (κ1) is 16.0. The van der Waals surface area contributed by atoms with E-state index in [4.69, 9.17) is 5.73 Å². The molecule has 1 heterocycles. The molecule has 0 spiro atoms. The van der Waals surface area contributed by atoms with Gasteiger partial charge in [-0.15, -0.1) is 12.4 Å². The van der Waals surface area contributed by atoms with Gasteiger partial charge in [0.1, 0.15) is 0 Å². The van der Waals surface area contributed by atoms with Gasteiger partial charge in [-0.2, -0.15) is 0 Å². The number of amides is 1. The van der Waals surface area contributed by atoms with Crippen molar-refractivity contribution >= 4 is 40.6 Å². The highest BCUT2D eigenvalue weighted by molar-refractivity contribution is 7.17. The molecule has 1 amide bonds. The van der Waals surface area contributed by atoms with Gasteiger partial charge in [-0.05, 0) is 13.3 Å². The molecule has 1 aromatic rings. The van der Waals surface area contributed by atoms with Crippen molar-refractivity contribution < 1.29 is 9.59 Å². The summed E-state index contributed by atoms with van der Waals surface area (Å²) in [6.45, 7) is 3.32. The summed E-state index contributed by atoms with van der Waals surface area (Å²) in [6.07, 6.45) is 2.47. The standard InChI is InChI=1S/C10H15N3O2S.ClH/c1-6(11)3-4-9(15)13-10-12-5-8(16-10)7(2)14;/h5-6H,3-4,11H2,1-2H3,(H,12,13,15);1H. The van der Waals surface area contributed by atoms with E-state index in [9.17, 15) is 9.59 Å². The average molecular weight is 278 g/mol. The normalized spacial score (nSPS) is 11.5. The number of thiazole rings is 1. The Balaban J connectivity index is 0.00000256. The molecule has 0 aromatic carbocycles. The predicted molar refractivity (Wildman–Crippen MR) is 70.9 cm³/mol. The van der Waals surface area contributed by atoms with Crippen LogP contribution in [0.2, 0.25) is 0 Å². The van der Waals surface area contributed by atoms with Crippen molar-refractivity contribution in [1.29, 1.82) is 0 Å². The van der Waals surface area contributed by atoms with Crippen LogP contribution in [0.15, 0.2) is 6.20 Å². The molecule has 1 unspecified atom stereocenters. The van der Waals surface area contributed by atoms with E-state index in [0.717, 1.165) is 0 Å². The van der Waals surface area contributed by atoms with Gasteiger partial charge in [-0.3, -0.25) is 9.59 Å². The van der Waals surface area contributed by atoms with Crippen molar-refractivity contribution in [2.75, 3.05) is 5.32 Å². The third kappa shape index (κ3) is 5.76. The summed E-state index contributed by atoms with van der Waals surface area (Å²) in [6, 6.07) is 0.00910. The molecular weight excluding hydrogens is 262 g/mol. The molecule has 17 heavy (non-hydrogen) atoms. The summed E-state index contributed by atoms with van der Waals surface area (Å²) in [5.74, 6) is -0.171. The van der Waals surface area contributed by atoms with Crippen molar-refractivity contribution in [2.24, 2.45) is 5.73 Å². The molecule has 0 saturated carbocycles. The van der Waals surface area contributed by atoms with E-state index in [-0.39, 0.29) is 30.1 Å². The fourth-order valence-corrected chi connectivity index (χ4v) is 1.76. The summed E-state index contributed by atoms with van der Waals surface area (Å²) in [5, 5.41) is 3.09. The molecule has 3 N–H and O–H groups in total. The number of nitrogens with one attached hydrogen (secondary N) is 1. The third-order valence-electron chi connectivity index (χ3n) is 1.93. The first-order valence-electron chi connectivity index (χ1n) is 5.01. The highest BCUT2D eigenvalue weighted by Crippen LogP contribution is 2.18. The number of ketones is 1. The fourth-order valence-electron chi connectivity index (χ4n) is 1.04. The average Bonchev–Trinajstić information content (AvgIpc) is 2.63. The van der Waals surface area contributed by atoms with Crippen molar-refractivity contribution in [1.82, 2.24) is 4.98 Å². The molecule has 5 nitrogen and oxygen atoms in total. The molecule has 7 heteroatoms. The van der Waals surface area contributed by atoms with Crippen LogP contribution in [0.1, 0.15) is 36.4 Å². The Hall–Kier alpha value is -0.980. The van der Waals surface area contributed by atoms with Gasteiger partial charge in [0.15, 0.2) is 10.9 Å². The molecular formula is C10H16ClN3O2S. The van der Waals surface area contributed by atoms with E-state index >= 15 is 0 Å². The molecule has 1 aromatic heterocycles. The Kier molecular flexibility index (Phi) is 6.94. The number of halogens is 1. The zero-order chi connectivity index (χ0) is 12.1.